The molecule has 1 N–H and O–H groups in total. The average Bonchev–Trinajstić information content (AvgIpc) is 3.37. The van der Waals surface area contributed by atoms with Crippen molar-refractivity contribution in [3.05, 3.63) is 0 Å². The molecule has 1 aliphatic carbocycles. The summed E-state index contributed by atoms with van der Waals surface area (Å²) < 4.78 is 0. The van der Waals surface area contributed by atoms with E-state index in [-0.39, 0.29) is 24.3 Å². The Morgan fingerprint density at radius 2 is 1.73 bits per heavy atom. The molecule has 5 nitrogen and oxygen atoms in total. The van der Waals surface area contributed by atoms with Crippen LogP contribution in [-0.4, -0.2) is 59.9 Å². The minimum Gasteiger partial charge on any atom is -0.347 e. The lowest BCUT2D eigenvalue weighted by atomic mass is 10.0. The van der Waals surface area contributed by atoms with Gasteiger partial charge in [-0.3, -0.25) is 9.59 Å². The molecule has 2 rings (SSSR count). The lowest BCUT2D eigenvalue weighted by Crippen LogP contribution is -2.51. The Labute approximate surface area is 134 Å². The van der Waals surface area contributed by atoms with E-state index in [0.717, 1.165) is 51.7 Å². The van der Waals surface area contributed by atoms with Gasteiger partial charge in [-0.25, -0.2) is 0 Å². The van der Waals surface area contributed by atoms with Gasteiger partial charge in [-0.05, 0) is 38.6 Å². The van der Waals surface area contributed by atoms with Gasteiger partial charge in [0.2, 0.25) is 11.8 Å². The van der Waals surface area contributed by atoms with Gasteiger partial charge < -0.3 is 15.1 Å². The monoisotopic (exact) mass is 309 g/mol. The maximum Gasteiger partial charge on any atom is 0.242 e. The summed E-state index contributed by atoms with van der Waals surface area (Å²) in [6.07, 6.45) is 5.19. The molecule has 1 atom stereocenters. The van der Waals surface area contributed by atoms with Crippen molar-refractivity contribution in [3.63, 3.8) is 0 Å². The van der Waals surface area contributed by atoms with Gasteiger partial charge in [0.25, 0.3) is 0 Å². The van der Waals surface area contributed by atoms with Crippen LogP contribution in [0.3, 0.4) is 0 Å². The largest absolute Gasteiger partial charge is 0.347 e. The number of carbonyl (C=O) groups is 2. The predicted octanol–water partition coefficient (Wildman–Crippen LogP) is 1.62. The quantitative estimate of drug-likeness (QED) is 0.777. The third kappa shape index (κ3) is 4.45. The predicted molar refractivity (Wildman–Crippen MR) is 87.5 cm³/mol. The van der Waals surface area contributed by atoms with E-state index < -0.39 is 0 Å². The van der Waals surface area contributed by atoms with Crippen LogP contribution in [0.15, 0.2) is 0 Å². The van der Waals surface area contributed by atoms with Crippen LogP contribution in [0, 0.1) is 5.92 Å². The van der Waals surface area contributed by atoms with E-state index in [2.05, 4.69) is 22.0 Å². The van der Waals surface area contributed by atoms with Crippen molar-refractivity contribution in [2.75, 3.05) is 26.2 Å². The summed E-state index contributed by atoms with van der Waals surface area (Å²) >= 11 is 0. The lowest BCUT2D eigenvalue weighted by molar-refractivity contribution is -0.137. The van der Waals surface area contributed by atoms with E-state index in [1.165, 1.54) is 0 Å². The number of rotatable bonds is 7. The molecule has 0 aromatic rings. The van der Waals surface area contributed by atoms with Gasteiger partial charge in [-0.2, -0.15) is 0 Å². The van der Waals surface area contributed by atoms with Gasteiger partial charge in [0.05, 0.1) is 6.54 Å². The van der Waals surface area contributed by atoms with Crippen LogP contribution in [0.4, 0.5) is 0 Å². The van der Waals surface area contributed by atoms with Crippen molar-refractivity contribution in [1.29, 1.82) is 0 Å². The van der Waals surface area contributed by atoms with Gasteiger partial charge in [0.15, 0.2) is 0 Å². The van der Waals surface area contributed by atoms with Crippen LogP contribution >= 0.6 is 0 Å². The molecule has 2 fully saturated rings. The van der Waals surface area contributed by atoms with E-state index in [9.17, 15) is 9.59 Å². The van der Waals surface area contributed by atoms with E-state index in [1.807, 2.05) is 13.8 Å². The minimum absolute atomic E-state index is 0.00704. The molecule has 0 radical (unpaired) electrons. The van der Waals surface area contributed by atoms with Crippen LogP contribution in [0.25, 0.3) is 0 Å². The summed E-state index contributed by atoms with van der Waals surface area (Å²) in [6.45, 7) is 9.49. The van der Waals surface area contributed by atoms with Crippen LogP contribution in [0.5, 0.6) is 0 Å². The van der Waals surface area contributed by atoms with E-state index in [1.54, 1.807) is 0 Å². The summed E-state index contributed by atoms with van der Waals surface area (Å²) in [6, 6.07) is 0.787. The summed E-state index contributed by atoms with van der Waals surface area (Å²) in [7, 11) is 0. The minimum atomic E-state index is -0.0185. The molecular weight excluding hydrogens is 278 g/mol. The second kappa shape index (κ2) is 7.95. The maximum atomic E-state index is 12.6. The molecule has 0 aromatic carbocycles. The number of hydrogen-bond acceptors (Lipinski definition) is 3. The van der Waals surface area contributed by atoms with Gasteiger partial charge in [-0.15, -0.1) is 0 Å². The highest BCUT2D eigenvalue weighted by Crippen LogP contribution is 2.31. The highest BCUT2D eigenvalue weighted by molar-refractivity contribution is 5.86. The molecule has 0 spiro atoms. The van der Waals surface area contributed by atoms with Gasteiger partial charge in [0.1, 0.15) is 0 Å². The third-order valence-corrected chi connectivity index (χ3v) is 5.10. The zero-order chi connectivity index (χ0) is 16.1. The van der Waals surface area contributed by atoms with Crippen LogP contribution in [0.2, 0.25) is 0 Å². The Morgan fingerprint density at radius 3 is 2.23 bits per heavy atom. The number of carbonyl (C=O) groups excluding carboxylic acids is 2. The van der Waals surface area contributed by atoms with Crippen molar-refractivity contribution in [2.45, 2.75) is 65.0 Å². The van der Waals surface area contributed by atoms with Crippen LogP contribution in [0.1, 0.15) is 52.9 Å². The van der Waals surface area contributed by atoms with Gasteiger partial charge in [-0.1, -0.05) is 20.8 Å². The molecule has 1 heterocycles. The molecule has 2 aliphatic rings. The summed E-state index contributed by atoms with van der Waals surface area (Å²) in [4.78, 5) is 29.0. The lowest BCUT2D eigenvalue weighted by Gasteiger charge is -2.38. The van der Waals surface area contributed by atoms with Crippen molar-refractivity contribution in [3.8, 4) is 0 Å². The highest BCUT2D eigenvalue weighted by Gasteiger charge is 2.38. The topological polar surface area (TPSA) is 52.7 Å². The Bertz CT molecular complexity index is 387. The fraction of sp³-hybridized carbons (Fsp3) is 0.882. The summed E-state index contributed by atoms with van der Waals surface area (Å²) in [5, 5.41) is 2.81. The van der Waals surface area contributed by atoms with E-state index >= 15 is 0 Å². The molecule has 0 bridgehead atoms. The Hall–Kier alpha value is -1.10. The van der Waals surface area contributed by atoms with E-state index in [0.29, 0.717) is 12.1 Å². The highest BCUT2D eigenvalue weighted by atomic mass is 16.2. The normalized spacial score (nSPS) is 21.4. The SMILES string of the molecule is CC[C@H](C)C(=O)NCC(=O)N(C1CC1)C1CCN(CC)CC1. The number of nitrogens with zero attached hydrogens (tertiary/aromatic N) is 2. The molecule has 22 heavy (non-hydrogen) atoms. The first-order valence-electron chi connectivity index (χ1n) is 8.88. The molecular formula is C17H31N3O2. The number of piperidine rings is 1. The number of nitrogens with one attached hydrogen (secondary N) is 1. The first-order chi connectivity index (χ1) is 10.6. The number of amides is 2. The second-order valence-electron chi connectivity index (χ2n) is 6.72. The smallest absolute Gasteiger partial charge is 0.242 e. The Kier molecular flexibility index (Phi) is 6.24. The fourth-order valence-electron chi connectivity index (χ4n) is 3.19. The first-order valence-corrected chi connectivity index (χ1v) is 8.88. The fourth-order valence-corrected chi connectivity index (χ4v) is 3.19. The maximum absolute atomic E-state index is 12.6. The summed E-state index contributed by atoms with van der Waals surface area (Å²) in [5.74, 6) is 0.0801. The Morgan fingerprint density at radius 1 is 1.14 bits per heavy atom. The van der Waals surface area contributed by atoms with Crippen LogP contribution in [-0.2, 0) is 9.59 Å². The zero-order valence-electron chi connectivity index (χ0n) is 14.3. The average molecular weight is 309 g/mol. The number of hydrogen-bond donors (Lipinski definition) is 1. The summed E-state index contributed by atoms with van der Waals surface area (Å²) in [5.41, 5.74) is 0. The first kappa shape index (κ1) is 17.3. The van der Waals surface area contributed by atoms with Crippen molar-refractivity contribution < 1.29 is 9.59 Å². The number of likely N-dealkylation sites (tertiary alicyclic amines) is 1. The zero-order valence-corrected chi connectivity index (χ0v) is 14.3. The molecule has 0 aromatic heterocycles. The molecule has 126 valence electrons. The van der Waals surface area contributed by atoms with Gasteiger partial charge in [0, 0.05) is 31.1 Å². The standard InChI is InChI=1S/C17H31N3O2/c1-4-13(3)17(22)18-12-16(21)20(14-6-7-14)15-8-10-19(5-2)11-9-15/h13-15H,4-12H2,1-3H3,(H,18,22)/t13-/m0/s1. The second-order valence-corrected chi connectivity index (χ2v) is 6.72. The van der Waals surface area contributed by atoms with Crippen LogP contribution < -0.4 is 5.32 Å². The van der Waals surface area contributed by atoms with Crippen molar-refractivity contribution >= 4 is 11.8 Å². The van der Waals surface area contributed by atoms with E-state index in [4.69, 9.17) is 0 Å². The van der Waals surface area contributed by atoms with Crippen molar-refractivity contribution in [1.82, 2.24) is 15.1 Å². The van der Waals surface area contributed by atoms with Crippen molar-refractivity contribution in [2.24, 2.45) is 5.92 Å². The van der Waals surface area contributed by atoms with Gasteiger partial charge >= 0.3 is 0 Å². The molecule has 1 saturated heterocycles. The third-order valence-electron chi connectivity index (χ3n) is 5.10. The molecule has 2 amide bonds. The molecule has 5 heteroatoms. The molecule has 1 aliphatic heterocycles. The molecule has 1 saturated carbocycles. The molecule has 0 unspecified atom stereocenters. The Balaban J connectivity index is 1.86.